The number of nitrogens with one attached hydrogen (secondary N) is 1. The molecule has 8 heteroatoms. The summed E-state index contributed by atoms with van der Waals surface area (Å²) >= 11 is 1.20. The Hall–Kier alpha value is -3.78. The van der Waals surface area contributed by atoms with E-state index in [1.54, 1.807) is 7.11 Å². The summed E-state index contributed by atoms with van der Waals surface area (Å²) in [7, 11) is 1.60. The van der Waals surface area contributed by atoms with Crippen LogP contribution in [0.15, 0.2) is 76.4 Å². The second kappa shape index (κ2) is 8.99. The predicted octanol–water partition coefficient (Wildman–Crippen LogP) is 5.60. The molecule has 0 aliphatic rings. The van der Waals surface area contributed by atoms with Crippen LogP contribution in [-0.2, 0) is 11.3 Å². The maximum Gasteiger partial charge on any atom is 0.277 e. The van der Waals surface area contributed by atoms with Gasteiger partial charge < -0.3 is 19.0 Å². The largest absolute Gasteiger partial charge is 0.497 e. The minimum absolute atomic E-state index is 0.139. The maximum absolute atomic E-state index is 12.6. The summed E-state index contributed by atoms with van der Waals surface area (Å²) in [4.78, 5) is 12.6. The average molecular weight is 459 g/mol. The number of anilines is 1. The van der Waals surface area contributed by atoms with Gasteiger partial charge in [-0.25, -0.2) is 0 Å². The van der Waals surface area contributed by atoms with E-state index in [4.69, 9.17) is 9.15 Å². The number of nitrogens with zero attached hydrogens (tertiary/aromatic N) is 3. The normalized spacial score (nSPS) is 11.2. The highest BCUT2D eigenvalue weighted by Crippen LogP contribution is 2.31. The molecule has 0 unspecified atom stereocenters. The smallest absolute Gasteiger partial charge is 0.277 e. The first-order valence-electron chi connectivity index (χ1n) is 10.6. The van der Waals surface area contributed by atoms with Gasteiger partial charge >= 0.3 is 0 Å². The van der Waals surface area contributed by atoms with Crippen molar-refractivity contribution >= 4 is 45.2 Å². The molecule has 0 bridgehead atoms. The maximum atomic E-state index is 12.6. The third-order valence-electron chi connectivity index (χ3n) is 5.42. The predicted molar refractivity (Wildman–Crippen MR) is 131 cm³/mol. The van der Waals surface area contributed by atoms with Crippen LogP contribution in [0.4, 0.5) is 5.69 Å². The van der Waals surface area contributed by atoms with Crippen molar-refractivity contribution in [3.63, 3.8) is 0 Å². The molecule has 5 aromatic rings. The fraction of sp³-hybridized carbons (Fsp3) is 0.160. The Morgan fingerprint density at radius 2 is 1.88 bits per heavy atom. The topological polar surface area (TPSA) is 82.2 Å². The summed E-state index contributed by atoms with van der Waals surface area (Å²) < 4.78 is 13.2. The molecule has 166 valence electrons. The van der Waals surface area contributed by atoms with Crippen molar-refractivity contribution in [1.82, 2.24) is 14.8 Å². The van der Waals surface area contributed by atoms with Crippen LogP contribution in [0, 0.1) is 0 Å². The van der Waals surface area contributed by atoms with Crippen molar-refractivity contribution in [1.29, 1.82) is 0 Å². The quantitative estimate of drug-likeness (QED) is 0.320. The standard InChI is InChI=1S/C25H22N4O3S/c1-3-29-21-10-5-4-9-19(21)20-14-17(11-12-22(20)29)26-23(30)15-33-25-28-27-24(32-25)16-7-6-8-18(13-16)31-2/h4-14H,3,15H2,1-2H3,(H,26,30). The van der Waals surface area contributed by atoms with Crippen LogP contribution < -0.4 is 10.1 Å². The molecule has 0 aliphatic carbocycles. The van der Waals surface area contributed by atoms with Crippen molar-refractivity contribution < 1.29 is 13.9 Å². The number of amides is 1. The first-order chi connectivity index (χ1) is 16.2. The van der Waals surface area contributed by atoms with Crippen LogP contribution in [0.3, 0.4) is 0 Å². The molecule has 0 atom stereocenters. The van der Waals surface area contributed by atoms with Gasteiger partial charge in [-0.15, -0.1) is 10.2 Å². The number of aromatic nitrogens is 3. The molecule has 5 rings (SSSR count). The summed E-state index contributed by atoms with van der Waals surface area (Å²) in [6.45, 7) is 3.02. The van der Waals surface area contributed by atoms with Crippen LogP contribution in [-0.4, -0.2) is 33.5 Å². The highest BCUT2D eigenvalue weighted by molar-refractivity contribution is 7.99. The third kappa shape index (κ3) is 4.17. The number of thioether (sulfide) groups is 1. The van der Waals surface area contributed by atoms with Gasteiger partial charge in [0.15, 0.2) is 0 Å². The highest BCUT2D eigenvalue weighted by Gasteiger charge is 2.14. The molecule has 0 saturated carbocycles. The number of hydrogen-bond donors (Lipinski definition) is 1. The van der Waals surface area contributed by atoms with E-state index in [1.807, 2.05) is 48.5 Å². The second-order valence-electron chi connectivity index (χ2n) is 7.44. The minimum Gasteiger partial charge on any atom is -0.497 e. The number of ether oxygens (including phenoxy) is 1. The van der Waals surface area contributed by atoms with E-state index < -0.39 is 0 Å². The average Bonchev–Trinajstić information content (AvgIpc) is 3.45. The van der Waals surface area contributed by atoms with Crippen molar-refractivity contribution in [3.8, 4) is 17.2 Å². The Labute approximate surface area is 194 Å². The number of para-hydroxylation sites is 1. The zero-order chi connectivity index (χ0) is 22.8. The van der Waals surface area contributed by atoms with Gasteiger partial charge in [0, 0.05) is 39.6 Å². The monoisotopic (exact) mass is 458 g/mol. The summed E-state index contributed by atoms with van der Waals surface area (Å²) in [6.07, 6.45) is 0. The zero-order valence-corrected chi connectivity index (χ0v) is 19.1. The lowest BCUT2D eigenvalue weighted by atomic mass is 10.1. The molecule has 0 aliphatic heterocycles. The number of rotatable bonds is 7. The van der Waals surface area contributed by atoms with E-state index in [0.29, 0.717) is 16.9 Å². The number of methoxy groups -OCH3 is 1. The Bertz CT molecular complexity index is 1460. The van der Waals surface area contributed by atoms with Crippen molar-refractivity contribution in [2.45, 2.75) is 18.7 Å². The number of aryl methyl sites for hydroxylation is 1. The van der Waals surface area contributed by atoms with Gasteiger partial charge in [-0.2, -0.15) is 0 Å². The molecule has 0 saturated heterocycles. The molecule has 0 fully saturated rings. The summed E-state index contributed by atoms with van der Waals surface area (Å²) in [5, 5.41) is 13.7. The minimum atomic E-state index is -0.139. The SMILES string of the molecule is CCn1c2ccccc2c2cc(NC(=O)CSc3nnc(-c4cccc(OC)c4)o3)ccc21. The molecule has 3 aromatic carbocycles. The number of benzene rings is 3. The third-order valence-corrected chi connectivity index (χ3v) is 6.24. The molecular weight excluding hydrogens is 436 g/mol. The van der Waals surface area contributed by atoms with Crippen molar-refractivity contribution in [2.75, 3.05) is 18.2 Å². The fourth-order valence-corrected chi connectivity index (χ4v) is 4.50. The number of carbonyl (C=O) groups is 1. The number of fused-ring (bicyclic) bond motifs is 3. The van der Waals surface area contributed by atoms with Gasteiger partial charge in [-0.3, -0.25) is 4.79 Å². The molecule has 1 N–H and O–H groups in total. The summed E-state index contributed by atoms with van der Waals surface area (Å²) in [5.41, 5.74) is 3.87. The molecule has 2 heterocycles. The first-order valence-corrected chi connectivity index (χ1v) is 11.6. The van der Waals surface area contributed by atoms with Crippen LogP contribution in [0.1, 0.15) is 6.92 Å². The molecule has 33 heavy (non-hydrogen) atoms. The zero-order valence-electron chi connectivity index (χ0n) is 18.2. The second-order valence-corrected chi connectivity index (χ2v) is 8.36. The Kier molecular flexibility index (Phi) is 5.75. The Morgan fingerprint density at radius 1 is 1.03 bits per heavy atom. The van der Waals surface area contributed by atoms with E-state index in [1.165, 1.54) is 22.7 Å². The van der Waals surface area contributed by atoms with Gasteiger partial charge in [0.05, 0.1) is 12.9 Å². The number of carbonyl (C=O) groups excluding carboxylic acids is 1. The molecule has 0 spiro atoms. The summed E-state index contributed by atoms with van der Waals surface area (Å²) in [5.74, 6) is 1.11. The Morgan fingerprint density at radius 3 is 2.73 bits per heavy atom. The van der Waals surface area contributed by atoms with Crippen molar-refractivity contribution in [3.05, 3.63) is 66.7 Å². The van der Waals surface area contributed by atoms with Crippen LogP contribution in [0.2, 0.25) is 0 Å². The van der Waals surface area contributed by atoms with Crippen LogP contribution >= 0.6 is 11.8 Å². The van der Waals surface area contributed by atoms with Crippen molar-refractivity contribution in [2.24, 2.45) is 0 Å². The van der Waals surface area contributed by atoms with E-state index in [0.717, 1.165) is 28.7 Å². The van der Waals surface area contributed by atoms with Gasteiger partial charge in [0.2, 0.25) is 11.8 Å². The highest BCUT2D eigenvalue weighted by atomic mass is 32.2. The van der Waals surface area contributed by atoms with Gasteiger partial charge in [-0.05, 0) is 49.4 Å². The molecular formula is C25H22N4O3S. The first kappa shape index (κ1) is 21.1. The molecule has 2 aromatic heterocycles. The lowest BCUT2D eigenvalue weighted by Gasteiger charge is -2.06. The van der Waals surface area contributed by atoms with Crippen LogP contribution in [0.5, 0.6) is 5.75 Å². The lowest BCUT2D eigenvalue weighted by Crippen LogP contribution is -2.13. The van der Waals surface area contributed by atoms with E-state index >= 15 is 0 Å². The Balaban J connectivity index is 1.28. The molecule has 0 radical (unpaired) electrons. The molecule has 7 nitrogen and oxygen atoms in total. The lowest BCUT2D eigenvalue weighted by molar-refractivity contribution is -0.113. The molecule has 1 amide bonds. The van der Waals surface area contributed by atoms with Gasteiger partial charge in [-0.1, -0.05) is 36.0 Å². The van der Waals surface area contributed by atoms with Gasteiger partial charge in [0.25, 0.3) is 5.22 Å². The summed E-state index contributed by atoms with van der Waals surface area (Å²) in [6, 6.07) is 21.7. The fourth-order valence-electron chi connectivity index (χ4n) is 3.94. The van der Waals surface area contributed by atoms with Crippen LogP contribution in [0.25, 0.3) is 33.3 Å². The number of hydrogen-bond acceptors (Lipinski definition) is 6. The van der Waals surface area contributed by atoms with E-state index in [-0.39, 0.29) is 11.7 Å². The van der Waals surface area contributed by atoms with E-state index in [2.05, 4.69) is 45.2 Å². The van der Waals surface area contributed by atoms with Gasteiger partial charge in [0.1, 0.15) is 5.75 Å². The van der Waals surface area contributed by atoms with E-state index in [9.17, 15) is 4.79 Å².